The summed E-state index contributed by atoms with van der Waals surface area (Å²) in [6, 6.07) is 9.17. The largest absolute Gasteiger partial charge is 0.276 e. The van der Waals surface area contributed by atoms with Crippen molar-refractivity contribution in [1.82, 2.24) is 30.1 Å². The lowest BCUT2D eigenvalue weighted by molar-refractivity contribution is 0.577. The number of aromatic nitrogens is 6. The molecular formula is C21H13ClFN7O2S. The minimum atomic E-state index is -4.06. The second-order valence-corrected chi connectivity index (χ2v) is 8.95. The lowest BCUT2D eigenvalue weighted by Gasteiger charge is -2.11. The Labute approximate surface area is 191 Å². The van der Waals surface area contributed by atoms with Crippen LogP contribution in [0.1, 0.15) is 0 Å². The third-order valence-corrected chi connectivity index (χ3v) is 6.46. The Hall–Kier alpha value is -3.96. The van der Waals surface area contributed by atoms with Gasteiger partial charge < -0.3 is 0 Å². The fraction of sp³-hybridized carbons (Fsp3) is 0. The molecule has 0 atom stereocenters. The Morgan fingerprint density at radius 3 is 2.42 bits per heavy atom. The van der Waals surface area contributed by atoms with E-state index in [9.17, 15) is 12.8 Å². The van der Waals surface area contributed by atoms with Gasteiger partial charge in [-0.05, 0) is 36.4 Å². The van der Waals surface area contributed by atoms with Gasteiger partial charge in [0.15, 0.2) is 10.8 Å². The smallest absolute Gasteiger partial charge is 0.263 e. The zero-order valence-electron chi connectivity index (χ0n) is 16.6. The Morgan fingerprint density at radius 2 is 1.67 bits per heavy atom. The average molecular weight is 482 g/mol. The maximum atomic E-state index is 13.1. The fourth-order valence-corrected chi connectivity index (χ4v) is 4.41. The summed E-state index contributed by atoms with van der Waals surface area (Å²) in [5.74, 6) is -0.788. The molecule has 0 aromatic carbocycles. The number of halogens is 2. The lowest BCUT2D eigenvalue weighted by atomic mass is 10.1. The topological polar surface area (TPSA) is 126 Å². The molecule has 5 aromatic heterocycles. The van der Waals surface area contributed by atoms with Gasteiger partial charge in [-0.3, -0.25) is 14.8 Å². The first-order chi connectivity index (χ1) is 15.9. The molecule has 12 heteroatoms. The number of hydrogen-bond acceptors (Lipinski definition) is 7. The number of nitrogens with zero attached hydrogens (tertiary/aromatic N) is 5. The maximum absolute atomic E-state index is 13.1. The van der Waals surface area contributed by atoms with E-state index in [1.54, 1.807) is 24.7 Å². The molecule has 0 amide bonds. The minimum Gasteiger partial charge on any atom is -0.276 e. The molecule has 5 rings (SSSR count). The third kappa shape index (κ3) is 4.11. The van der Waals surface area contributed by atoms with E-state index in [0.29, 0.717) is 16.8 Å². The van der Waals surface area contributed by atoms with E-state index in [4.69, 9.17) is 11.6 Å². The van der Waals surface area contributed by atoms with Gasteiger partial charge in [-0.2, -0.15) is 9.49 Å². The molecule has 2 N–H and O–H groups in total. The number of anilines is 1. The minimum absolute atomic E-state index is 0.0489. The van der Waals surface area contributed by atoms with Gasteiger partial charge in [-0.25, -0.2) is 23.4 Å². The van der Waals surface area contributed by atoms with E-state index >= 15 is 0 Å². The van der Waals surface area contributed by atoms with Crippen LogP contribution in [-0.2, 0) is 10.0 Å². The Kier molecular flexibility index (Phi) is 5.19. The molecule has 0 radical (unpaired) electrons. The molecule has 0 bridgehead atoms. The summed E-state index contributed by atoms with van der Waals surface area (Å²) in [5.41, 5.74) is 3.49. The van der Waals surface area contributed by atoms with E-state index in [2.05, 4.69) is 34.9 Å². The van der Waals surface area contributed by atoms with Gasteiger partial charge in [0.05, 0.1) is 17.6 Å². The molecule has 0 saturated heterocycles. The number of rotatable bonds is 5. The van der Waals surface area contributed by atoms with Crippen molar-refractivity contribution >= 4 is 38.3 Å². The highest BCUT2D eigenvalue weighted by molar-refractivity contribution is 7.92. The highest BCUT2D eigenvalue weighted by atomic mass is 35.5. The number of nitrogens with one attached hydrogen (secondary N) is 2. The van der Waals surface area contributed by atoms with E-state index < -0.39 is 16.0 Å². The molecule has 5 aromatic rings. The molecule has 0 fully saturated rings. The van der Waals surface area contributed by atoms with Crippen LogP contribution in [0.15, 0.2) is 72.3 Å². The average Bonchev–Trinajstić information content (AvgIpc) is 3.24. The Balaban J connectivity index is 1.53. The van der Waals surface area contributed by atoms with Crippen LogP contribution in [0.5, 0.6) is 0 Å². The van der Waals surface area contributed by atoms with Gasteiger partial charge in [0.1, 0.15) is 4.90 Å². The second-order valence-electron chi connectivity index (χ2n) is 6.91. The molecule has 0 saturated carbocycles. The summed E-state index contributed by atoms with van der Waals surface area (Å²) < 4.78 is 40.8. The summed E-state index contributed by atoms with van der Waals surface area (Å²) in [7, 11) is -4.06. The van der Waals surface area contributed by atoms with Crippen molar-refractivity contribution in [3.8, 4) is 22.4 Å². The van der Waals surface area contributed by atoms with Crippen LogP contribution in [0.25, 0.3) is 33.4 Å². The Morgan fingerprint density at radius 1 is 0.909 bits per heavy atom. The van der Waals surface area contributed by atoms with Gasteiger partial charge >= 0.3 is 0 Å². The summed E-state index contributed by atoms with van der Waals surface area (Å²) in [4.78, 5) is 15.7. The number of sulfonamides is 1. The quantitative estimate of drug-likeness (QED) is 0.362. The number of hydrogen-bond donors (Lipinski definition) is 2. The van der Waals surface area contributed by atoms with Crippen LogP contribution in [0, 0.1) is 5.95 Å². The van der Waals surface area contributed by atoms with E-state index in [0.717, 1.165) is 35.0 Å². The first-order valence-corrected chi connectivity index (χ1v) is 11.3. The van der Waals surface area contributed by atoms with Crippen LogP contribution >= 0.6 is 11.6 Å². The highest BCUT2D eigenvalue weighted by Gasteiger charge is 2.18. The van der Waals surface area contributed by atoms with Crippen molar-refractivity contribution < 1.29 is 12.8 Å². The molecule has 0 unspecified atom stereocenters. The van der Waals surface area contributed by atoms with Crippen molar-refractivity contribution in [1.29, 1.82) is 0 Å². The molecule has 5 heterocycles. The van der Waals surface area contributed by atoms with E-state index in [1.807, 2.05) is 18.2 Å². The number of aromatic amines is 1. The molecule has 0 aliphatic rings. The maximum Gasteiger partial charge on any atom is 0.263 e. The van der Waals surface area contributed by atoms with Crippen molar-refractivity contribution in [2.75, 3.05) is 4.72 Å². The van der Waals surface area contributed by atoms with E-state index in [1.165, 1.54) is 6.20 Å². The summed E-state index contributed by atoms with van der Waals surface area (Å²) in [6.45, 7) is 0. The van der Waals surface area contributed by atoms with Crippen molar-refractivity contribution in [3.05, 3.63) is 78.5 Å². The molecule has 0 aliphatic heterocycles. The van der Waals surface area contributed by atoms with Crippen LogP contribution in [0.2, 0.25) is 5.15 Å². The first kappa shape index (κ1) is 20.9. The fourth-order valence-electron chi connectivity index (χ4n) is 3.20. The number of H-pyrrole nitrogens is 1. The van der Waals surface area contributed by atoms with E-state index in [-0.39, 0.29) is 15.7 Å². The lowest BCUT2D eigenvalue weighted by Crippen LogP contribution is -2.14. The van der Waals surface area contributed by atoms with Crippen LogP contribution in [0.4, 0.5) is 10.1 Å². The van der Waals surface area contributed by atoms with Crippen molar-refractivity contribution in [2.45, 2.75) is 4.90 Å². The van der Waals surface area contributed by atoms with Gasteiger partial charge in [0.2, 0.25) is 5.95 Å². The van der Waals surface area contributed by atoms with Gasteiger partial charge in [0.25, 0.3) is 10.0 Å². The predicted molar refractivity (Wildman–Crippen MR) is 120 cm³/mol. The third-order valence-electron chi connectivity index (χ3n) is 4.81. The molecule has 0 aliphatic carbocycles. The standard InChI is InChI=1S/C21H13ClFN7O2S/c22-20-17(30-33(31,32)15-1-2-18(23)25-11-15)8-14(9-26-20)13-7-16-19(12-3-5-24-6-4-12)28-29-21(16)27-10-13/h1-11,30H,(H,27,28,29). The van der Waals surface area contributed by atoms with Crippen LogP contribution < -0.4 is 4.72 Å². The number of pyridine rings is 4. The number of fused-ring (bicyclic) bond motifs is 1. The summed E-state index contributed by atoms with van der Waals surface area (Å²) in [6.07, 6.45) is 7.39. The van der Waals surface area contributed by atoms with Crippen LogP contribution in [-0.4, -0.2) is 38.6 Å². The van der Waals surface area contributed by atoms with Crippen molar-refractivity contribution in [2.24, 2.45) is 0 Å². The molecular weight excluding hydrogens is 469 g/mol. The van der Waals surface area contributed by atoms with Crippen LogP contribution in [0.3, 0.4) is 0 Å². The molecule has 9 nitrogen and oxygen atoms in total. The zero-order chi connectivity index (χ0) is 23.0. The first-order valence-electron chi connectivity index (χ1n) is 9.45. The summed E-state index contributed by atoms with van der Waals surface area (Å²) >= 11 is 6.14. The Bertz CT molecular complexity index is 1580. The predicted octanol–water partition coefficient (Wildman–Crippen LogP) is 4.07. The van der Waals surface area contributed by atoms with Gasteiger partial charge in [-0.15, -0.1) is 0 Å². The van der Waals surface area contributed by atoms with Crippen molar-refractivity contribution in [3.63, 3.8) is 0 Å². The monoisotopic (exact) mass is 481 g/mol. The molecule has 164 valence electrons. The molecule has 0 spiro atoms. The highest BCUT2D eigenvalue weighted by Crippen LogP contribution is 2.32. The second kappa shape index (κ2) is 8.19. The zero-order valence-corrected chi connectivity index (χ0v) is 18.1. The normalized spacial score (nSPS) is 11.6. The van der Waals surface area contributed by atoms with Gasteiger partial charge in [-0.1, -0.05) is 11.6 Å². The summed E-state index contributed by atoms with van der Waals surface area (Å²) in [5, 5.41) is 7.94. The van der Waals surface area contributed by atoms with Gasteiger partial charge in [0, 0.05) is 46.9 Å². The molecule has 33 heavy (non-hydrogen) atoms. The SMILES string of the molecule is O=S(=O)(Nc1cc(-c2cnc3n[nH]c(-c4ccncc4)c3c2)cnc1Cl)c1ccc(F)nc1.